The molecule has 0 aliphatic rings. The van der Waals surface area contributed by atoms with Gasteiger partial charge in [-0.05, 0) is 48.9 Å². The first-order valence-corrected chi connectivity index (χ1v) is 20.9. The van der Waals surface area contributed by atoms with E-state index in [1.165, 1.54) is 0 Å². The van der Waals surface area contributed by atoms with Gasteiger partial charge in [0.1, 0.15) is 22.3 Å². The minimum absolute atomic E-state index is 0.00392. The van der Waals surface area contributed by atoms with Crippen molar-refractivity contribution in [1.82, 2.24) is 9.13 Å². The third-order valence-electron chi connectivity index (χ3n) is 12.9. The molecule has 0 amide bonds. The van der Waals surface area contributed by atoms with Crippen LogP contribution in [0.5, 0.6) is 0 Å². The summed E-state index contributed by atoms with van der Waals surface area (Å²) in [5.41, 5.74) is 6.82. The number of rotatable bonds is 4. The van der Waals surface area contributed by atoms with Crippen molar-refractivity contribution in [1.29, 1.82) is 0 Å². The van der Waals surface area contributed by atoms with Gasteiger partial charge in [-0.3, -0.25) is 0 Å². The summed E-state index contributed by atoms with van der Waals surface area (Å²) >= 11 is 0. The van der Waals surface area contributed by atoms with Crippen LogP contribution in [0, 0.1) is 6.92 Å². The quantitative estimate of drug-likeness (QED) is 0.177. The van der Waals surface area contributed by atoms with Gasteiger partial charge in [-0.25, -0.2) is 0 Å². The zero-order valence-electron chi connectivity index (χ0n) is 33.7. The summed E-state index contributed by atoms with van der Waals surface area (Å²) in [7, 11) is 0. The van der Waals surface area contributed by atoms with Gasteiger partial charge in [-0.2, -0.15) is 13.2 Å². The first-order chi connectivity index (χ1) is 30.9. The molecule has 0 aliphatic heterocycles. The van der Waals surface area contributed by atoms with Gasteiger partial charge in [0.05, 0.1) is 39.0 Å². The van der Waals surface area contributed by atoms with Gasteiger partial charge >= 0.3 is 6.18 Å². The Bertz CT molecular complexity index is 3940. The van der Waals surface area contributed by atoms with Gasteiger partial charge in [-0.1, -0.05) is 146 Å². The standard InChI is InChI=1S/C56H33F3N2O2/c1-32-49(41-24-14-22-39-37-20-6-12-30-47(37)62-54(39)41)53(61-45-28-10-4-18-35(45)36-19-5-11-29-46(36)61)50(42-25-15-23-40-38-21-7-13-31-48(38)63-55(40)42)51(56(57,58)59)52(32)60-43-26-8-2-16-33(43)34-17-3-9-27-44(34)60/h2-31H,1H3. The van der Waals surface area contributed by atoms with Crippen molar-refractivity contribution >= 4 is 87.5 Å². The predicted molar refractivity (Wildman–Crippen MR) is 250 cm³/mol. The molecular weight excluding hydrogens is 790 g/mol. The maximum Gasteiger partial charge on any atom is 0.419 e. The van der Waals surface area contributed by atoms with Crippen molar-refractivity contribution in [2.24, 2.45) is 0 Å². The van der Waals surface area contributed by atoms with Gasteiger partial charge in [0.2, 0.25) is 0 Å². The SMILES string of the molecule is Cc1c(-c2cccc3c2oc2ccccc23)c(-n2c3ccccc3c3ccccc32)c(-c2cccc3c2oc2ccccc23)c(C(F)(F)F)c1-n1c2ccccc2c2ccccc21. The summed E-state index contributed by atoms with van der Waals surface area (Å²) in [6.45, 7) is 1.84. The van der Waals surface area contributed by atoms with Crippen molar-refractivity contribution in [3.05, 3.63) is 193 Å². The molecule has 63 heavy (non-hydrogen) atoms. The van der Waals surface area contributed by atoms with Gasteiger partial charge in [0.25, 0.3) is 0 Å². The van der Waals surface area contributed by atoms with Gasteiger partial charge in [0.15, 0.2) is 0 Å². The smallest absolute Gasteiger partial charge is 0.419 e. The summed E-state index contributed by atoms with van der Waals surface area (Å²) < 4.78 is 69.2. The lowest BCUT2D eigenvalue weighted by Gasteiger charge is -2.29. The summed E-state index contributed by atoms with van der Waals surface area (Å²) in [6.07, 6.45) is -4.88. The Hall–Kier alpha value is -8.03. The van der Waals surface area contributed by atoms with Crippen molar-refractivity contribution in [3.8, 4) is 33.6 Å². The van der Waals surface area contributed by atoms with Crippen LogP contribution >= 0.6 is 0 Å². The predicted octanol–water partition coefficient (Wildman–Crippen LogP) is 16.3. The molecule has 0 saturated carbocycles. The molecule has 300 valence electrons. The monoisotopic (exact) mass is 822 g/mol. The van der Waals surface area contributed by atoms with E-state index in [1.54, 1.807) is 6.07 Å². The first kappa shape index (κ1) is 35.7. The van der Waals surface area contributed by atoms with Crippen LogP contribution in [-0.4, -0.2) is 9.13 Å². The van der Waals surface area contributed by atoms with Gasteiger partial charge in [0, 0.05) is 65.3 Å². The van der Waals surface area contributed by atoms with Crippen molar-refractivity contribution in [3.63, 3.8) is 0 Å². The lowest BCUT2D eigenvalue weighted by molar-refractivity contribution is -0.137. The highest BCUT2D eigenvalue weighted by Crippen LogP contribution is 2.55. The maximum absolute atomic E-state index is 17.3. The number of furan rings is 2. The molecule has 0 N–H and O–H groups in total. The Balaban J connectivity index is 1.36. The highest BCUT2D eigenvalue weighted by Gasteiger charge is 2.43. The highest BCUT2D eigenvalue weighted by atomic mass is 19.4. The molecule has 9 aromatic carbocycles. The normalized spacial score (nSPS) is 12.4. The van der Waals surface area contributed by atoms with E-state index in [2.05, 4.69) is 0 Å². The summed E-state index contributed by atoms with van der Waals surface area (Å²) in [5, 5.41) is 6.90. The maximum atomic E-state index is 17.3. The van der Waals surface area contributed by atoms with E-state index in [9.17, 15) is 0 Å². The third kappa shape index (κ3) is 4.93. The van der Waals surface area contributed by atoms with E-state index in [1.807, 2.05) is 192 Å². The summed E-state index contributed by atoms with van der Waals surface area (Å²) in [4.78, 5) is 0. The van der Waals surface area contributed by atoms with Crippen molar-refractivity contribution in [2.45, 2.75) is 13.1 Å². The van der Waals surface area contributed by atoms with Crippen LogP contribution in [0.1, 0.15) is 11.1 Å². The molecule has 7 heteroatoms. The number of benzene rings is 9. The highest BCUT2D eigenvalue weighted by molar-refractivity contribution is 6.17. The van der Waals surface area contributed by atoms with Gasteiger partial charge < -0.3 is 18.0 Å². The average Bonchev–Trinajstić information content (AvgIpc) is 4.06. The molecule has 0 radical (unpaired) electrons. The molecule has 4 heterocycles. The van der Waals surface area contributed by atoms with Crippen molar-refractivity contribution in [2.75, 3.05) is 0 Å². The second-order valence-electron chi connectivity index (χ2n) is 16.2. The molecule has 0 aliphatic carbocycles. The number of aromatic nitrogens is 2. The summed E-state index contributed by atoms with van der Waals surface area (Å²) in [5.74, 6) is 0. The molecule has 0 spiro atoms. The second-order valence-corrected chi connectivity index (χ2v) is 16.2. The molecule has 0 fully saturated rings. The van der Waals surface area contributed by atoms with Crippen LogP contribution < -0.4 is 0 Å². The van der Waals surface area contributed by atoms with Crippen LogP contribution in [0.25, 0.3) is 121 Å². The molecule has 13 aromatic rings. The Morgan fingerprint density at radius 3 is 1.14 bits per heavy atom. The van der Waals surface area contributed by atoms with Crippen LogP contribution in [-0.2, 0) is 6.18 Å². The molecule has 13 rings (SSSR count). The lowest BCUT2D eigenvalue weighted by atomic mass is 9.85. The molecule has 4 aromatic heterocycles. The number of halogens is 3. The second kappa shape index (κ2) is 13.0. The van der Waals surface area contributed by atoms with E-state index in [-0.39, 0.29) is 11.3 Å². The van der Waals surface area contributed by atoms with Crippen molar-refractivity contribution < 1.29 is 22.0 Å². The summed E-state index contributed by atoms with van der Waals surface area (Å²) in [6, 6.07) is 58.4. The van der Waals surface area contributed by atoms with E-state index < -0.39 is 11.7 Å². The van der Waals surface area contributed by atoms with E-state index in [0.717, 1.165) is 54.1 Å². The lowest BCUT2D eigenvalue weighted by Crippen LogP contribution is -2.18. The zero-order chi connectivity index (χ0) is 42.1. The van der Waals surface area contributed by atoms with Crippen LogP contribution in [0.15, 0.2) is 191 Å². The number of alkyl halides is 3. The Kier molecular flexibility index (Phi) is 7.36. The van der Waals surface area contributed by atoms with E-state index >= 15 is 13.2 Å². The molecule has 4 nitrogen and oxygen atoms in total. The average molecular weight is 823 g/mol. The first-order valence-electron chi connectivity index (χ1n) is 20.9. The van der Waals surface area contributed by atoms with Crippen LogP contribution in [0.2, 0.25) is 0 Å². The Morgan fingerprint density at radius 1 is 0.365 bits per heavy atom. The molecular formula is C56H33F3N2O2. The number of hydrogen-bond donors (Lipinski definition) is 0. The van der Waals surface area contributed by atoms with E-state index in [4.69, 9.17) is 8.83 Å². The third-order valence-corrected chi connectivity index (χ3v) is 12.9. The largest absolute Gasteiger partial charge is 0.455 e. The molecule has 0 bridgehead atoms. The van der Waals surface area contributed by atoms with Gasteiger partial charge in [-0.15, -0.1) is 0 Å². The van der Waals surface area contributed by atoms with Crippen LogP contribution in [0.4, 0.5) is 13.2 Å². The minimum Gasteiger partial charge on any atom is -0.455 e. The number of nitrogens with zero attached hydrogens (tertiary/aromatic N) is 2. The number of fused-ring (bicyclic) bond motifs is 12. The fourth-order valence-corrected chi connectivity index (χ4v) is 10.4. The fourth-order valence-electron chi connectivity index (χ4n) is 10.4. The zero-order valence-corrected chi connectivity index (χ0v) is 33.7. The molecule has 0 saturated heterocycles. The van der Waals surface area contributed by atoms with Crippen LogP contribution in [0.3, 0.4) is 0 Å². The fraction of sp³-hybridized carbons (Fsp3) is 0.0357. The Morgan fingerprint density at radius 2 is 0.714 bits per heavy atom. The molecule has 0 atom stereocenters. The minimum atomic E-state index is -4.88. The van der Waals surface area contributed by atoms with E-state index in [0.29, 0.717) is 61.3 Å². The Labute approximate surface area is 357 Å². The topological polar surface area (TPSA) is 36.1 Å². The number of para-hydroxylation sites is 8. The molecule has 0 unspecified atom stereocenters. The number of hydrogen-bond acceptors (Lipinski definition) is 2.